The van der Waals surface area contributed by atoms with Gasteiger partial charge in [-0.15, -0.1) is 0 Å². The number of hydrogen-bond acceptors (Lipinski definition) is 5. The number of Topliss-reactive ketones (excluding diaryl/α,β-unsaturated/α-hetero) is 2. The molecule has 2 N–H and O–H groups in total. The van der Waals surface area contributed by atoms with Crippen molar-refractivity contribution < 1.29 is 17.8 Å². The highest BCUT2D eigenvalue weighted by Crippen LogP contribution is 2.24. The lowest BCUT2D eigenvalue weighted by Gasteiger charge is -2.24. The number of aryl methyl sites for hydroxylation is 1. The predicted octanol–water partition coefficient (Wildman–Crippen LogP) is 1.15. The Kier molecular flexibility index (Phi) is 1.84. The van der Waals surface area contributed by atoms with Gasteiger partial charge >= 0.3 is 0 Å². The molecule has 6 nitrogen and oxygen atoms in total. The number of benzene rings is 1. The molecular formula is C15H15N3O3. The second-order valence-corrected chi connectivity index (χ2v) is 4.57. The molecule has 1 aliphatic carbocycles. The van der Waals surface area contributed by atoms with E-state index < -0.39 is 42.3 Å². The Morgan fingerprint density at radius 3 is 3.05 bits per heavy atom. The summed E-state index contributed by atoms with van der Waals surface area (Å²) in [5.41, 5.74) is 4.56. The van der Waals surface area contributed by atoms with Gasteiger partial charge in [-0.1, -0.05) is 6.07 Å². The average molecular weight is 291 g/mol. The van der Waals surface area contributed by atoms with Crippen molar-refractivity contribution in [3.63, 3.8) is 0 Å². The monoisotopic (exact) mass is 291 g/mol. The fourth-order valence-electron chi connectivity index (χ4n) is 2.22. The highest BCUT2D eigenvalue weighted by atomic mass is 16.2. The van der Waals surface area contributed by atoms with Gasteiger partial charge in [-0.25, -0.2) is 4.98 Å². The number of ketones is 2. The summed E-state index contributed by atoms with van der Waals surface area (Å²) in [6.45, 7) is 1.26. The number of nitrogens with two attached hydrogens (primary N) is 1. The molecule has 0 aliphatic heterocycles. The van der Waals surface area contributed by atoms with Crippen molar-refractivity contribution in [1.82, 2.24) is 9.55 Å². The zero-order valence-electron chi connectivity index (χ0n) is 17.1. The van der Waals surface area contributed by atoms with Gasteiger partial charge in [0.15, 0.2) is 5.78 Å². The number of aromatic nitrogens is 2. The van der Waals surface area contributed by atoms with Crippen LogP contribution in [0.2, 0.25) is 0 Å². The van der Waals surface area contributed by atoms with Crippen molar-refractivity contribution in [3.8, 4) is 0 Å². The maximum absolute atomic E-state index is 13.1. The van der Waals surface area contributed by atoms with Crippen LogP contribution in [-0.4, -0.2) is 21.1 Å². The van der Waals surface area contributed by atoms with Gasteiger partial charge < -0.3 is 5.73 Å². The minimum absolute atomic E-state index is 0.0914. The minimum Gasteiger partial charge on any atom is -0.398 e. The van der Waals surface area contributed by atoms with E-state index in [-0.39, 0.29) is 28.5 Å². The zero-order valence-corrected chi connectivity index (χ0v) is 11.1. The maximum Gasteiger partial charge on any atom is 0.264 e. The standard InChI is InChI=1S/C15H15N3O3/c1-8-17-11-4-2-3-10(16)14(11)15(21)18(8)12-6-5-9(19)7-13(12)20/h2-4,12H,5-7,16H2,1H3/i3D,5D2,6D2,12D. The molecule has 1 unspecified atom stereocenters. The number of anilines is 1. The predicted molar refractivity (Wildman–Crippen MR) is 78.1 cm³/mol. The fourth-order valence-corrected chi connectivity index (χ4v) is 2.22. The average Bonchev–Trinajstić information content (AvgIpc) is 2.56. The molecule has 1 aliphatic rings. The quantitative estimate of drug-likeness (QED) is 0.628. The first-order chi connectivity index (χ1) is 12.3. The van der Waals surface area contributed by atoms with Crippen molar-refractivity contribution in [2.75, 3.05) is 5.73 Å². The largest absolute Gasteiger partial charge is 0.398 e. The van der Waals surface area contributed by atoms with Crippen LogP contribution in [0.5, 0.6) is 0 Å². The number of carbonyl (C=O) groups is 2. The Labute approximate surface area is 129 Å². The lowest BCUT2D eigenvalue weighted by atomic mass is 9.92. The van der Waals surface area contributed by atoms with Crippen LogP contribution in [0.15, 0.2) is 23.0 Å². The highest BCUT2D eigenvalue weighted by molar-refractivity contribution is 6.03. The topological polar surface area (TPSA) is 95.0 Å². The summed E-state index contributed by atoms with van der Waals surface area (Å²) < 4.78 is 48.4. The summed E-state index contributed by atoms with van der Waals surface area (Å²) in [5.74, 6) is -2.78. The summed E-state index contributed by atoms with van der Waals surface area (Å²) in [7, 11) is 0. The third kappa shape index (κ3) is 2.12. The lowest BCUT2D eigenvalue weighted by molar-refractivity contribution is -0.132. The fraction of sp³-hybridized carbons (Fsp3) is 0.333. The summed E-state index contributed by atoms with van der Waals surface area (Å²) >= 11 is 0. The first-order valence-corrected chi connectivity index (χ1v) is 6.14. The van der Waals surface area contributed by atoms with E-state index in [1.807, 2.05) is 0 Å². The van der Waals surface area contributed by atoms with E-state index in [1.54, 1.807) is 0 Å². The molecule has 1 aromatic carbocycles. The molecule has 0 bridgehead atoms. The van der Waals surface area contributed by atoms with Gasteiger partial charge in [0.05, 0.1) is 26.1 Å². The van der Waals surface area contributed by atoms with E-state index in [0.29, 0.717) is 4.57 Å². The molecule has 0 saturated heterocycles. The van der Waals surface area contributed by atoms with Crippen molar-refractivity contribution in [1.29, 1.82) is 0 Å². The van der Waals surface area contributed by atoms with Gasteiger partial charge in [-0.05, 0) is 25.4 Å². The van der Waals surface area contributed by atoms with Gasteiger partial charge in [0, 0.05) is 17.5 Å². The summed E-state index contributed by atoms with van der Waals surface area (Å²) in [4.78, 5) is 41.6. The van der Waals surface area contributed by atoms with Crippen LogP contribution in [0, 0.1) is 6.92 Å². The molecule has 1 atom stereocenters. The smallest absolute Gasteiger partial charge is 0.264 e. The molecule has 0 radical (unpaired) electrons. The Hall–Kier alpha value is -2.50. The molecule has 2 aromatic rings. The molecule has 6 heteroatoms. The molecule has 108 valence electrons. The van der Waals surface area contributed by atoms with E-state index >= 15 is 0 Å². The van der Waals surface area contributed by atoms with E-state index in [9.17, 15) is 14.4 Å². The van der Waals surface area contributed by atoms with Gasteiger partial charge in [0.25, 0.3) is 5.56 Å². The first kappa shape index (κ1) is 8.07. The number of hydrogen-bond donors (Lipinski definition) is 1. The molecular weight excluding hydrogens is 270 g/mol. The number of fused-ring (bicyclic) bond motifs is 1. The van der Waals surface area contributed by atoms with Crippen molar-refractivity contribution in [3.05, 3.63) is 34.4 Å². The number of carbonyl (C=O) groups excluding carboxylic acids is 2. The lowest BCUT2D eigenvalue weighted by Crippen LogP contribution is -2.36. The maximum atomic E-state index is 13.1. The van der Waals surface area contributed by atoms with Crippen LogP contribution in [0.4, 0.5) is 5.69 Å². The van der Waals surface area contributed by atoms with E-state index in [1.165, 1.54) is 19.1 Å². The van der Waals surface area contributed by atoms with E-state index in [0.717, 1.165) is 0 Å². The molecule has 0 amide bonds. The van der Waals surface area contributed by atoms with Crippen LogP contribution >= 0.6 is 0 Å². The second kappa shape index (κ2) is 4.80. The summed E-state index contributed by atoms with van der Waals surface area (Å²) in [6.07, 6.45) is -7.57. The van der Waals surface area contributed by atoms with E-state index in [2.05, 4.69) is 4.98 Å². The Bertz CT molecular complexity index is 1080. The van der Waals surface area contributed by atoms with E-state index in [4.69, 9.17) is 14.0 Å². The van der Waals surface area contributed by atoms with Gasteiger partial charge in [-0.2, -0.15) is 0 Å². The molecule has 1 fully saturated rings. The molecule has 1 heterocycles. The van der Waals surface area contributed by atoms with Crippen molar-refractivity contribution in [2.45, 2.75) is 32.1 Å². The molecule has 3 rings (SSSR count). The molecule has 1 aromatic heterocycles. The first-order valence-electron chi connectivity index (χ1n) is 9.14. The van der Waals surface area contributed by atoms with Crippen LogP contribution in [-0.2, 0) is 9.59 Å². The summed E-state index contributed by atoms with van der Waals surface area (Å²) in [6, 6.07) is -0.604. The Morgan fingerprint density at radius 1 is 1.52 bits per heavy atom. The Balaban J connectivity index is 2.47. The van der Waals surface area contributed by atoms with Gasteiger partial charge in [0.1, 0.15) is 11.6 Å². The number of nitrogens with zero attached hydrogens (tertiary/aromatic N) is 2. The highest BCUT2D eigenvalue weighted by Gasteiger charge is 2.30. The molecule has 21 heavy (non-hydrogen) atoms. The second-order valence-electron chi connectivity index (χ2n) is 4.57. The summed E-state index contributed by atoms with van der Waals surface area (Å²) in [5, 5.41) is -0.277. The van der Waals surface area contributed by atoms with Crippen LogP contribution in [0.25, 0.3) is 10.9 Å². The van der Waals surface area contributed by atoms with Crippen LogP contribution in [0.1, 0.15) is 39.2 Å². The minimum atomic E-state index is -3.36. The normalized spacial score (nSPS) is 31.7. The molecule has 0 spiro atoms. The Morgan fingerprint density at radius 2 is 2.29 bits per heavy atom. The van der Waals surface area contributed by atoms with Crippen LogP contribution in [0.3, 0.4) is 0 Å². The van der Waals surface area contributed by atoms with Gasteiger partial charge in [0.2, 0.25) is 0 Å². The zero-order chi connectivity index (χ0) is 20.5. The van der Waals surface area contributed by atoms with Crippen molar-refractivity contribution in [2.24, 2.45) is 0 Å². The van der Waals surface area contributed by atoms with Crippen molar-refractivity contribution >= 4 is 28.2 Å². The SMILES string of the molecule is [2H]c1ccc2nc(C)n(C3([2H])C(=O)CC(=O)C([2H])([2H])C3([2H])[2H])c(=O)c2c1N. The van der Waals surface area contributed by atoms with Gasteiger partial charge in [-0.3, -0.25) is 19.0 Å². The molecule has 1 saturated carbocycles. The number of nitrogen functional groups attached to an aromatic ring is 1. The third-order valence-corrected chi connectivity index (χ3v) is 3.16. The van der Waals surface area contributed by atoms with Crippen LogP contribution < -0.4 is 11.3 Å². The third-order valence-electron chi connectivity index (χ3n) is 3.16. The number of rotatable bonds is 1.